The first kappa shape index (κ1) is 13.5. The number of carbonyl (C=O) groups is 1. The highest BCUT2D eigenvalue weighted by Gasteiger charge is 2.10. The van der Waals surface area contributed by atoms with E-state index in [1.165, 1.54) is 19.3 Å². The van der Waals surface area contributed by atoms with E-state index in [0.29, 0.717) is 12.3 Å². The van der Waals surface area contributed by atoms with Crippen LogP contribution in [0.25, 0.3) is 0 Å². The summed E-state index contributed by atoms with van der Waals surface area (Å²) in [6.45, 7) is 6.66. The van der Waals surface area contributed by atoms with Crippen molar-refractivity contribution in [3.8, 4) is 0 Å². The minimum absolute atomic E-state index is 0.252. The molecule has 0 fully saturated rings. The average Bonchev–Trinajstić information content (AvgIpc) is 2.02. The Morgan fingerprint density at radius 1 is 1.14 bits per heavy atom. The highest BCUT2D eigenvalue weighted by atomic mass is 16.2. The molecule has 0 aliphatic heterocycles. The van der Waals surface area contributed by atoms with Crippen LogP contribution in [-0.2, 0) is 4.79 Å². The smallest absolute Gasteiger partial charge is 0.222 e. The van der Waals surface area contributed by atoms with Crippen molar-refractivity contribution in [1.29, 1.82) is 0 Å². The third-order valence-electron chi connectivity index (χ3n) is 2.50. The molecule has 2 heteroatoms. The van der Waals surface area contributed by atoms with Crippen LogP contribution in [0.2, 0.25) is 0 Å². The summed E-state index contributed by atoms with van der Waals surface area (Å²) in [6, 6.07) is 0. The summed E-state index contributed by atoms with van der Waals surface area (Å²) in [7, 11) is 3.65. The van der Waals surface area contributed by atoms with Crippen molar-refractivity contribution in [3.63, 3.8) is 0 Å². The molecule has 0 N–H and O–H groups in total. The first-order chi connectivity index (χ1) is 6.43. The van der Waals surface area contributed by atoms with Crippen LogP contribution in [0.5, 0.6) is 0 Å². The Balaban J connectivity index is 3.55. The van der Waals surface area contributed by atoms with Gasteiger partial charge in [-0.05, 0) is 11.8 Å². The molecule has 1 atom stereocenters. The average molecular weight is 199 g/mol. The van der Waals surface area contributed by atoms with Gasteiger partial charge in [0.15, 0.2) is 0 Å². The molecule has 2 nitrogen and oxygen atoms in total. The number of carbonyl (C=O) groups excluding carboxylic acids is 1. The van der Waals surface area contributed by atoms with Crippen LogP contribution in [-0.4, -0.2) is 24.9 Å². The van der Waals surface area contributed by atoms with Crippen LogP contribution >= 0.6 is 0 Å². The second-order valence-electron chi connectivity index (χ2n) is 4.92. The number of hydrogen-bond donors (Lipinski definition) is 0. The van der Waals surface area contributed by atoms with Gasteiger partial charge in [-0.1, -0.05) is 40.0 Å². The van der Waals surface area contributed by atoms with Crippen molar-refractivity contribution >= 4 is 5.91 Å². The van der Waals surface area contributed by atoms with Crippen molar-refractivity contribution in [2.75, 3.05) is 14.1 Å². The zero-order valence-corrected chi connectivity index (χ0v) is 10.3. The molecule has 0 bridgehead atoms. The molecule has 14 heavy (non-hydrogen) atoms. The van der Waals surface area contributed by atoms with E-state index >= 15 is 0 Å². The molecule has 0 saturated heterocycles. The molecule has 84 valence electrons. The maximum atomic E-state index is 11.4. The topological polar surface area (TPSA) is 20.3 Å². The van der Waals surface area contributed by atoms with Gasteiger partial charge in [0.25, 0.3) is 0 Å². The van der Waals surface area contributed by atoms with Crippen molar-refractivity contribution in [1.82, 2.24) is 4.90 Å². The molecular formula is C12H25NO. The highest BCUT2D eigenvalue weighted by molar-refractivity contribution is 5.75. The highest BCUT2D eigenvalue weighted by Crippen LogP contribution is 2.15. The van der Waals surface area contributed by atoms with Gasteiger partial charge in [0.1, 0.15) is 0 Å². The Hall–Kier alpha value is -0.530. The number of rotatable bonds is 6. The van der Waals surface area contributed by atoms with Gasteiger partial charge in [0.2, 0.25) is 5.91 Å². The summed E-state index contributed by atoms with van der Waals surface area (Å²) in [6.07, 6.45) is 4.41. The number of amides is 1. The fourth-order valence-electron chi connectivity index (χ4n) is 1.46. The Labute approximate surface area is 88.7 Å². The Kier molecular flexibility index (Phi) is 6.60. The van der Waals surface area contributed by atoms with Gasteiger partial charge in [-0.15, -0.1) is 0 Å². The maximum Gasteiger partial charge on any atom is 0.222 e. The van der Waals surface area contributed by atoms with Crippen LogP contribution in [0.4, 0.5) is 0 Å². The van der Waals surface area contributed by atoms with Crippen molar-refractivity contribution in [2.45, 2.75) is 46.5 Å². The molecule has 0 aromatic carbocycles. The number of hydrogen-bond acceptors (Lipinski definition) is 1. The summed E-state index contributed by atoms with van der Waals surface area (Å²) in [5.41, 5.74) is 0. The third-order valence-corrected chi connectivity index (χ3v) is 2.50. The molecule has 1 unspecified atom stereocenters. The summed E-state index contributed by atoms with van der Waals surface area (Å²) >= 11 is 0. The minimum atomic E-state index is 0.252. The molecule has 0 aliphatic rings. The largest absolute Gasteiger partial charge is 0.349 e. The standard InChI is InChI=1S/C12H25NO/c1-10(2)7-6-8-11(3)9-12(14)13(4)5/h10-11H,6-9H2,1-5H3. The van der Waals surface area contributed by atoms with Gasteiger partial charge < -0.3 is 4.90 Å². The Bertz CT molecular complexity index is 164. The SMILES string of the molecule is CC(C)CCCC(C)CC(=O)N(C)C. The zero-order valence-electron chi connectivity index (χ0n) is 10.3. The van der Waals surface area contributed by atoms with Crippen LogP contribution in [0.15, 0.2) is 0 Å². The fourth-order valence-corrected chi connectivity index (χ4v) is 1.46. The van der Waals surface area contributed by atoms with Gasteiger partial charge in [-0.2, -0.15) is 0 Å². The van der Waals surface area contributed by atoms with Crippen LogP contribution in [0, 0.1) is 11.8 Å². The normalized spacial score (nSPS) is 13.0. The summed E-state index contributed by atoms with van der Waals surface area (Å²) in [4.78, 5) is 13.1. The van der Waals surface area contributed by atoms with Gasteiger partial charge in [-0.25, -0.2) is 0 Å². The Morgan fingerprint density at radius 3 is 2.14 bits per heavy atom. The first-order valence-electron chi connectivity index (χ1n) is 5.63. The summed E-state index contributed by atoms with van der Waals surface area (Å²) < 4.78 is 0. The van der Waals surface area contributed by atoms with Gasteiger partial charge >= 0.3 is 0 Å². The van der Waals surface area contributed by atoms with Crippen molar-refractivity contribution in [3.05, 3.63) is 0 Å². The van der Waals surface area contributed by atoms with Crippen LogP contribution < -0.4 is 0 Å². The van der Waals surface area contributed by atoms with E-state index in [1.807, 2.05) is 14.1 Å². The van der Waals surface area contributed by atoms with Crippen molar-refractivity contribution in [2.24, 2.45) is 11.8 Å². The van der Waals surface area contributed by atoms with Crippen LogP contribution in [0.1, 0.15) is 46.5 Å². The molecular weight excluding hydrogens is 174 g/mol. The van der Waals surface area contributed by atoms with Crippen LogP contribution in [0.3, 0.4) is 0 Å². The van der Waals surface area contributed by atoms with E-state index in [9.17, 15) is 4.79 Å². The lowest BCUT2D eigenvalue weighted by molar-refractivity contribution is -0.129. The predicted octanol–water partition coefficient (Wildman–Crippen LogP) is 2.93. The molecule has 0 heterocycles. The molecule has 0 saturated carbocycles. The Morgan fingerprint density at radius 2 is 1.71 bits per heavy atom. The summed E-state index contributed by atoms with van der Waals surface area (Å²) in [5.74, 6) is 1.57. The van der Waals surface area contributed by atoms with Gasteiger partial charge in [-0.3, -0.25) is 4.79 Å². The second-order valence-corrected chi connectivity index (χ2v) is 4.92. The number of nitrogens with zero attached hydrogens (tertiary/aromatic N) is 1. The quantitative estimate of drug-likeness (QED) is 0.644. The lowest BCUT2D eigenvalue weighted by Gasteiger charge is -2.15. The zero-order chi connectivity index (χ0) is 11.1. The molecule has 0 aliphatic carbocycles. The monoisotopic (exact) mass is 199 g/mol. The van der Waals surface area contributed by atoms with E-state index in [-0.39, 0.29) is 5.91 Å². The van der Waals surface area contributed by atoms with Gasteiger partial charge in [0, 0.05) is 20.5 Å². The molecule has 0 spiro atoms. The molecule has 0 rings (SSSR count). The van der Waals surface area contributed by atoms with E-state index in [1.54, 1.807) is 4.90 Å². The molecule has 0 radical (unpaired) electrons. The third kappa shape index (κ3) is 6.93. The van der Waals surface area contributed by atoms with Crippen molar-refractivity contribution < 1.29 is 4.79 Å². The van der Waals surface area contributed by atoms with Gasteiger partial charge in [0.05, 0.1) is 0 Å². The first-order valence-corrected chi connectivity index (χ1v) is 5.63. The summed E-state index contributed by atoms with van der Waals surface area (Å²) in [5, 5.41) is 0. The molecule has 0 aromatic heterocycles. The predicted molar refractivity (Wildman–Crippen MR) is 61.2 cm³/mol. The van der Waals surface area contributed by atoms with E-state index in [0.717, 1.165) is 5.92 Å². The van der Waals surface area contributed by atoms with E-state index < -0.39 is 0 Å². The maximum absolute atomic E-state index is 11.4. The fraction of sp³-hybridized carbons (Fsp3) is 0.917. The van der Waals surface area contributed by atoms with E-state index in [4.69, 9.17) is 0 Å². The lowest BCUT2D eigenvalue weighted by Crippen LogP contribution is -2.23. The molecule has 1 amide bonds. The minimum Gasteiger partial charge on any atom is -0.349 e. The lowest BCUT2D eigenvalue weighted by atomic mass is 9.97. The second kappa shape index (κ2) is 6.86. The van der Waals surface area contributed by atoms with E-state index in [2.05, 4.69) is 20.8 Å². The molecule has 0 aromatic rings.